The van der Waals surface area contributed by atoms with E-state index in [4.69, 9.17) is 5.11 Å². The van der Waals surface area contributed by atoms with Crippen LogP contribution in [-0.2, 0) is 16.1 Å². The number of carbonyl (C=O) groups excluding carboxylic acids is 1. The van der Waals surface area contributed by atoms with Crippen molar-refractivity contribution in [2.24, 2.45) is 10.2 Å². The molecule has 0 aromatic heterocycles. The van der Waals surface area contributed by atoms with Crippen molar-refractivity contribution in [2.45, 2.75) is 25.1 Å². The van der Waals surface area contributed by atoms with Gasteiger partial charge in [-0.25, -0.2) is 0 Å². The van der Waals surface area contributed by atoms with Crippen molar-refractivity contribution in [3.05, 3.63) is 35.4 Å². The molecule has 0 bridgehead atoms. The SMILES string of the molecule is CCN1CCN(Cc2ccccc2C=NN=C2NC(=O)C(CC(=O)O)S2)CC1. The molecule has 2 N–H and O–H groups in total. The van der Waals surface area contributed by atoms with Crippen molar-refractivity contribution in [3.8, 4) is 0 Å². The number of nitrogens with zero attached hydrogens (tertiary/aromatic N) is 4. The van der Waals surface area contributed by atoms with Gasteiger partial charge in [-0.3, -0.25) is 14.5 Å². The summed E-state index contributed by atoms with van der Waals surface area (Å²) in [6, 6.07) is 8.07. The molecule has 1 unspecified atom stereocenters. The zero-order valence-corrected chi connectivity index (χ0v) is 16.7. The van der Waals surface area contributed by atoms with Gasteiger partial charge in [-0.05, 0) is 17.7 Å². The number of amidine groups is 1. The number of likely N-dealkylation sites (N-methyl/N-ethyl adjacent to an activating group) is 1. The third-order valence-electron chi connectivity index (χ3n) is 4.84. The second-order valence-electron chi connectivity index (χ2n) is 6.75. The molecule has 2 fully saturated rings. The zero-order chi connectivity index (χ0) is 19.9. The quantitative estimate of drug-likeness (QED) is 0.525. The monoisotopic (exact) mass is 403 g/mol. The highest BCUT2D eigenvalue weighted by molar-refractivity contribution is 8.15. The highest BCUT2D eigenvalue weighted by Gasteiger charge is 2.32. The van der Waals surface area contributed by atoms with Gasteiger partial charge in [0.15, 0.2) is 5.17 Å². The molecule has 1 atom stereocenters. The van der Waals surface area contributed by atoms with E-state index in [1.54, 1.807) is 6.21 Å². The first-order chi connectivity index (χ1) is 13.5. The molecule has 8 nitrogen and oxygen atoms in total. The van der Waals surface area contributed by atoms with Crippen molar-refractivity contribution in [2.75, 3.05) is 32.7 Å². The molecule has 28 heavy (non-hydrogen) atoms. The minimum Gasteiger partial charge on any atom is -0.481 e. The van der Waals surface area contributed by atoms with Crippen LogP contribution in [0.2, 0.25) is 0 Å². The molecule has 2 saturated heterocycles. The van der Waals surface area contributed by atoms with Gasteiger partial charge in [0.2, 0.25) is 5.91 Å². The number of hydrogen-bond donors (Lipinski definition) is 2. The summed E-state index contributed by atoms with van der Waals surface area (Å²) in [5.74, 6) is -1.35. The Labute approximate surface area is 168 Å². The number of thioether (sulfide) groups is 1. The summed E-state index contributed by atoms with van der Waals surface area (Å²) in [7, 11) is 0. The van der Waals surface area contributed by atoms with Crippen LogP contribution in [0.1, 0.15) is 24.5 Å². The van der Waals surface area contributed by atoms with Crippen LogP contribution in [0.25, 0.3) is 0 Å². The van der Waals surface area contributed by atoms with Gasteiger partial charge in [0.05, 0.1) is 12.6 Å². The Balaban J connectivity index is 1.60. The van der Waals surface area contributed by atoms with Gasteiger partial charge >= 0.3 is 5.97 Å². The molecule has 2 aliphatic rings. The first-order valence-electron chi connectivity index (χ1n) is 9.38. The van der Waals surface area contributed by atoms with Gasteiger partial charge in [-0.2, -0.15) is 5.10 Å². The lowest BCUT2D eigenvalue weighted by Gasteiger charge is -2.34. The number of carbonyl (C=O) groups is 2. The number of rotatable bonds is 7. The minimum absolute atomic E-state index is 0.229. The smallest absolute Gasteiger partial charge is 0.305 e. The fourth-order valence-electron chi connectivity index (χ4n) is 3.20. The molecule has 0 aliphatic carbocycles. The average molecular weight is 404 g/mol. The molecule has 9 heteroatoms. The number of nitrogens with one attached hydrogen (secondary N) is 1. The summed E-state index contributed by atoms with van der Waals surface area (Å²) in [5, 5.41) is 19.2. The van der Waals surface area contributed by atoms with Crippen LogP contribution in [0.4, 0.5) is 0 Å². The molecule has 150 valence electrons. The van der Waals surface area contributed by atoms with E-state index in [9.17, 15) is 9.59 Å². The lowest BCUT2D eigenvalue weighted by Crippen LogP contribution is -2.45. The summed E-state index contributed by atoms with van der Waals surface area (Å²) >= 11 is 1.10. The normalized spacial score (nSPS) is 22.8. The number of amides is 1. The lowest BCUT2D eigenvalue weighted by atomic mass is 10.1. The Morgan fingerprint density at radius 2 is 2.00 bits per heavy atom. The number of hydrogen-bond acceptors (Lipinski definition) is 7. The van der Waals surface area contributed by atoms with Crippen LogP contribution < -0.4 is 5.32 Å². The molecule has 2 heterocycles. The molecule has 1 aromatic carbocycles. The first kappa shape index (κ1) is 20.5. The third kappa shape index (κ3) is 5.63. The molecular weight excluding hydrogens is 378 g/mol. The van der Waals surface area contributed by atoms with Crippen molar-refractivity contribution in [1.82, 2.24) is 15.1 Å². The van der Waals surface area contributed by atoms with Crippen molar-refractivity contribution >= 4 is 35.0 Å². The summed E-state index contributed by atoms with van der Waals surface area (Å²) in [6.45, 7) is 8.44. The molecule has 2 aliphatic heterocycles. The Bertz CT molecular complexity index is 775. The number of piperazine rings is 1. The molecule has 0 radical (unpaired) electrons. The van der Waals surface area contributed by atoms with Gasteiger partial charge in [0, 0.05) is 32.7 Å². The van der Waals surface area contributed by atoms with Crippen LogP contribution in [0.5, 0.6) is 0 Å². The van der Waals surface area contributed by atoms with E-state index in [2.05, 4.69) is 38.3 Å². The summed E-state index contributed by atoms with van der Waals surface area (Å²) < 4.78 is 0. The van der Waals surface area contributed by atoms with Crippen molar-refractivity contribution in [3.63, 3.8) is 0 Å². The van der Waals surface area contributed by atoms with Crippen LogP contribution in [0, 0.1) is 0 Å². The zero-order valence-electron chi connectivity index (χ0n) is 15.9. The van der Waals surface area contributed by atoms with Crippen LogP contribution in [0.3, 0.4) is 0 Å². The number of carboxylic acids is 1. The summed E-state index contributed by atoms with van der Waals surface area (Å²) in [6.07, 6.45) is 1.45. The predicted molar refractivity (Wildman–Crippen MR) is 111 cm³/mol. The molecule has 3 rings (SSSR count). The maximum atomic E-state index is 11.7. The second-order valence-corrected chi connectivity index (χ2v) is 7.94. The number of aliphatic carboxylic acids is 1. The van der Waals surface area contributed by atoms with E-state index >= 15 is 0 Å². The number of benzene rings is 1. The summed E-state index contributed by atoms with van der Waals surface area (Å²) in [5.41, 5.74) is 2.17. The third-order valence-corrected chi connectivity index (χ3v) is 5.92. The standard InChI is InChI=1S/C19H25N5O3S/c1-2-23-7-9-24(10-8-23)13-15-6-4-3-5-14(15)12-20-22-19-21-18(27)16(28-19)11-17(25)26/h3-6,12,16H,2,7-11,13H2,1H3,(H,25,26)(H,21,22,27). The van der Waals surface area contributed by atoms with Crippen molar-refractivity contribution < 1.29 is 14.7 Å². The van der Waals surface area contributed by atoms with Gasteiger partial charge in [-0.15, -0.1) is 5.10 Å². The maximum absolute atomic E-state index is 11.7. The molecule has 0 spiro atoms. The second kappa shape index (κ2) is 9.81. The van der Waals surface area contributed by atoms with Gasteiger partial charge in [0.1, 0.15) is 5.25 Å². The van der Waals surface area contributed by atoms with E-state index in [1.807, 2.05) is 18.2 Å². The largest absolute Gasteiger partial charge is 0.481 e. The highest BCUT2D eigenvalue weighted by atomic mass is 32.2. The van der Waals surface area contributed by atoms with E-state index in [0.29, 0.717) is 5.17 Å². The highest BCUT2D eigenvalue weighted by Crippen LogP contribution is 2.22. The molecular formula is C19H25N5O3S. The van der Waals surface area contributed by atoms with E-state index in [0.717, 1.165) is 56.6 Å². The van der Waals surface area contributed by atoms with E-state index in [-0.39, 0.29) is 12.3 Å². The van der Waals surface area contributed by atoms with Crippen LogP contribution in [0.15, 0.2) is 34.5 Å². The fourth-order valence-corrected chi connectivity index (χ4v) is 4.11. The Morgan fingerprint density at radius 1 is 1.29 bits per heavy atom. The van der Waals surface area contributed by atoms with Crippen molar-refractivity contribution in [1.29, 1.82) is 0 Å². The number of carboxylic acid groups (broad SMARTS) is 1. The fraction of sp³-hybridized carbons (Fsp3) is 0.474. The topological polar surface area (TPSA) is 97.6 Å². The van der Waals surface area contributed by atoms with E-state index < -0.39 is 11.2 Å². The molecule has 1 amide bonds. The van der Waals surface area contributed by atoms with E-state index in [1.165, 1.54) is 5.56 Å². The average Bonchev–Trinajstić information content (AvgIpc) is 3.02. The van der Waals surface area contributed by atoms with Crippen LogP contribution in [-0.4, -0.2) is 76.1 Å². The Hall–Kier alpha value is -2.23. The van der Waals surface area contributed by atoms with Gasteiger partial charge in [0.25, 0.3) is 0 Å². The predicted octanol–water partition coefficient (Wildman–Crippen LogP) is 1.22. The minimum atomic E-state index is -1.01. The van der Waals surface area contributed by atoms with Gasteiger partial charge in [-0.1, -0.05) is 43.0 Å². The van der Waals surface area contributed by atoms with Crippen LogP contribution >= 0.6 is 11.8 Å². The molecule has 0 saturated carbocycles. The Kier molecular flexibility index (Phi) is 7.18. The lowest BCUT2D eigenvalue weighted by molar-refractivity contribution is -0.138. The van der Waals surface area contributed by atoms with Gasteiger partial charge < -0.3 is 15.3 Å². The Morgan fingerprint density at radius 3 is 2.71 bits per heavy atom. The maximum Gasteiger partial charge on any atom is 0.305 e. The first-order valence-corrected chi connectivity index (χ1v) is 10.3. The molecule has 1 aromatic rings. The summed E-state index contributed by atoms with van der Waals surface area (Å²) in [4.78, 5) is 27.4.